The summed E-state index contributed by atoms with van der Waals surface area (Å²) >= 11 is 0. The number of carboxylic acid groups (broad SMARTS) is 1. The van der Waals surface area contributed by atoms with Gasteiger partial charge in [0.25, 0.3) is 0 Å². The van der Waals surface area contributed by atoms with Gasteiger partial charge in [0.1, 0.15) is 18.1 Å². The van der Waals surface area contributed by atoms with Crippen LogP contribution in [0.5, 0.6) is 0 Å². The van der Waals surface area contributed by atoms with Crippen LogP contribution in [0.2, 0.25) is 0 Å². The van der Waals surface area contributed by atoms with Crippen LogP contribution in [0.3, 0.4) is 0 Å². The molecular formula is C26H38N6O7. The van der Waals surface area contributed by atoms with Crippen LogP contribution in [0, 0.1) is 5.92 Å². The van der Waals surface area contributed by atoms with Crippen LogP contribution in [-0.4, -0.2) is 75.1 Å². The Bertz CT molecular complexity index is 1180. The third-order valence-corrected chi connectivity index (χ3v) is 6.15. The Kier molecular flexibility index (Phi) is 11.4. The summed E-state index contributed by atoms with van der Waals surface area (Å²) in [6.45, 7) is 4.90. The molecule has 10 N–H and O–H groups in total. The zero-order chi connectivity index (χ0) is 29.3. The number of aromatic nitrogens is 1. The number of primary amides is 1. The zero-order valence-corrected chi connectivity index (χ0v) is 22.3. The first-order chi connectivity index (χ1) is 18.3. The predicted octanol–water partition coefficient (Wildman–Crippen LogP) is -0.731. The van der Waals surface area contributed by atoms with E-state index in [0.29, 0.717) is 0 Å². The minimum atomic E-state index is -1.43. The second-order valence-electron chi connectivity index (χ2n) is 9.99. The number of nitrogens with one attached hydrogen (secondary N) is 4. The maximum absolute atomic E-state index is 13.1. The van der Waals surface area contributed by atoms with Gasteiger partial charge in [-0.1, -0.05) is 32.0 Å². The van der Waals surface area contributed by atoms with Crippen LogP contribution in [0.1, 0.15) is 45.6 Å². The number of H-pyrrole nitrogens is 1. The molecule has 1 aromatic heterocycles. The van der Waals surface area contributed by atoms with Crippen molar-refractivity contribution < 1.29 is 34.2 Å². The molecule has 0 bridgehead atoms. The summed E-state index contributed by atoms with van der Waals surface area (Å²) in [5, 5.41) is 27.8. The normalized spacial score (nSPS) is 15.1. The van der Waals surface area contributed by atoms with E-state index in [1.54, 1.807) is 20.0 Å². The number of carbonyl (C=O) groups excluding carboxylic acids is 4. The van der Waals surface area contributed by atoms with Crippen molar-refractivity contribution in [2.24, 2.45) is 17.4 Å². The number of aliphatic hydroxyl groups excluding tert-OH is 1. The standard InChI is InChI=1S/C26H38N6O7/c1-13(2)10-20(24(36)30-19(26(38)39)8-9-21(28)34)31-25(37)22(14(3)33)32-23(35)17(27)11-15-12-29-18-7-5-4-6-16(15)18/h4-7,12-14,17,19-20,22,29,33H,8-11,27H2,1-3H3,(H2,28,34)(H,30,36)(H,31,37)(H,32,35)(H,38,39). The molecule has 0 saturated carbocycles. The number of rotatable bonds is 15. The van der Waals surface area contributed by atoms with Gasteiger partial charge >= 0.3 is 5.97 Å². The molecule has 5 unspecified atom stereocenters. The van der Waals surface area contributed by atoms with Crippen molar-refractivity contribution in [1.29, 1.82) is 0 Å². The molecule has 0 spiro atoms. The minimum Gasteiger partial charge on any atom is -0.480 e. The summed E-state index contributed by atoms with van der Waals surface area (Å²) in [5.41, 5.74) is 12.9. The number of aliphatic hydroxyl groups is 1. The van der Waals surface area contributed by atoms with Gasteiger partial charge in [-0.05, 0) is 43.7 Å². The van der Waals surface area contributed by atoms with Gasteiger partial charge in [0.2, 0.25) is 23.6 Å². The number of carbonyl (C=O) groups is 5. The molecule has 4 amide bonds. The Labute approximate surface area is 226 Å². The van der Waals surface area contributed by atoms with Crippen LogP contribution in [0.25, 0.3) is 10.9 Å². The van der Waals surface area contributed by atoms with E-state index >= 15 is 0 Å². The van der Waals surface area contributed by atoms with Gasteiger partial charge in [-0.25, -0.2) is 4.79 Å². The molecule has 1 heterocycles. The molecule has 0 aliphatic rings. The number of hydrogen-bond donors (Lipinski definition) is 8. The molecule has 5 atom stereocenters. The van der Waals surface area contributed by atoms with E-state index < -0.39 is 59.9 Å². The quantitative estimate of drug-likeness (QED) is 0.142. The van der Waals surface area contributed by atoms with Crippen molar-refractivity contribution >= 4 is 40.5 Å². The number of nitrogens with two attached hydrogens (primary N) is 2. The van der Waals surface area contributed by atoms with E-state index in [2.05, 4.69) is 20.9 Å². The molecule has 13 heteroatoms. The van der Waals surface area contributed by atoms with Gasteiger partial charge in [-0.3, -0.25) is 19.2 Å². The van der Waals surface area contributed by atoms with Crippen LogP contribution in [0.4, 0.5) is 0 Å². The Morgan fingerprint density at radius 3 is 2.18 bits per heavy atom. The Hall–Kier alpha value is -3.97. The molecule has 39 heavy (non-hydrogen) atoms. The molecule has 13 nitrogen and oxygen atoms in total. The first-order valence-corrected chi connectivity index (χ1v) is 12.7. The lowest BCUT2D eigenvalue weighted by molar-refractivity contribution is -0.142. The van der Waals surface area contributed by atoms with E-state index in [-0.39, 0.29) is 31.6 Å². The number of amides is 4. The number of fused-ring (bicyclic) bond motifs is 1. The number of hydrogen-bond acceptors (Lipinski definition) is 7. The highest BCUT2D eigenvalue weighted by atomic mass is 16.4. The average Bonchev–Trinajstić information content (AvgIpc) is 3.26. The second-order valence-corrected chi connectivity index (χ2v) is 9.99. The lowest BCUT2D eigenvalue weighted by Gasteiger charge is -2.27. The molecule has 0 fully saturated rings. The fourth-order valence-electron chi connectivity index (χ4n) is 4.08. The number of aliphatic carboxylic acids is 1. The number of benzene rings is 1. The van der Waals surface area contributed by atoms with E-state index in [9.17, 15) is 34.2 Å². The Morgan fingerprint density at radius 1 is 0.949 bits per heavy atom. The molecule has 0 radical (unpaired) electrons. The smallest absolute Gasteiger partial charge is 0.326 e. The summed E-state index contributed by atoms with van der Waals surface area (Å²) in [7, 11) is 0. The molecule has 214 valence electrons. The van der Waals surface area contributed by atoms with Gasteiger partial charge in [-0.2, -0.15) is 0 Å². The molecule has 2 rings (SSSR count). The van der Waals surface area contributed by atoms with E-state index in [1.165, 1.54) is 6.92 Å². The lowest BCUT2D eigenvalue weighted by atomic mass is 10.0. The van der Waals surface area contributed by atoms with Gasteiger partial charge in [-0.15, -0.1) is 0 Å². The summed E-state index contributed by atoms with van der Waals surface area (Å²) in [6.07, 6.45) is 0.246. The number of aromatic amines is 1. The Morgan fingerprint density at radius 2 is 1.59 bits per heavy atom. The maximum Gasteiger partial charge on any atom is 0.326 e. The summed E-state index contributed by atoms with van der Waals surface area (Å²) in [6, 6.07) is 2.47. The van der Waals surface area contributed by atoms with Crippen molar-refractivity contribution in [3.05, 3.63) is 36.0 Å². The van der Waals surface area contributed by atoms with E-state index in [1.807, 2.05) is 24.3 Å². The summed E-state index contributed by atoms with van der Waals surface area (Å²) < 4.78 is 0. The van der Waals surface area contributed by atoms with Gasteiger partial charge in [0.05, 0.1) is 12.1 Å². The average molecular weight is 547 g/mol. The summed E-state index contributed by atoms with van der Waals surface area (Å²) in [4.78, 5) is 64.5. The van der Waals surface area contributed by atoms with Crippen molar-refractivity contribution in [3.8, 4) is 0 Å². The Balaban J connectivity index is 2.10. The van der Waals surface area contributed by atoms with E-state index in [0.717, 1.165) is 16.5 Å². The van der Waals surface area contributed by atoms with Crippen LogP contribution < -0.4 is 27.4 Å². The fraction of sp³-hybridized carbons (Fsp3) is 0.500. The predicted molar refractivity (Wildman–Crippen MR) is 143 cm³/mol. The zero-order valence-electron chi connectivity index (χ0n) is 22.3. The third-order valence-electron chi connectivity index (χ3n) is 6.15. The van der Waals surface area contributed by atoms with Crippen LogP contribution >= 0.6 is 0 Å². The molecule has 1 aromatic carbocycles. The van der Waals surface area contributed by atoms with Crippen molar-refractivity contribution in [3.63, 3.8) is 0 Å². The first-order valence-electron chi connectivity index (χ1n) is 12.7. The summed E-state index contributed by atoms with van der Waals surface area (Å²) in [5.74, 6) is -4.48. The van der Waals surface area contributed by atoms with Gasteiger partial charge < -0.3 is 42.6 Å². The fourth-order valence-corrected chi connectivity index (χ4v) is 4.08. The highest BCUT2D eigenvalue weighted by molar-refractivity contribution is 5.94. The monoisotopic (exact) mass is 546 g/mol. The van der Waals surface area contributed by atoms with Crippen molar-refractivity contribution in [2.45, 2.75) is 76.7 Å². The lowest BCUT2D eigenvalue weighted by Crippen LogP contribution is -2.60. The minimum absolute atomic E-state index is 0.0841. The number of para-hydroxylation sites is 1. The molecule has 0 aliphatic carbocycles. The van der Waals surface area contributed by atoms with Gasteiger partial charge in [0.15, 0.2) is 0 Å². The first kappa shape index (κ1) is 31.2. The van der Waals surface area contributed by atoms with Gasteiger partial charge in [0, 0.05) is 23.5 Å². The molecular weight excluding hydrogens is 508 g/mol. The van der Waals surface area contributed by atoms with Crippen molar-refractivity contribution in [1.82, 2.24) is 20.9 Å². The van der Waals surface area contributed by atoms with E-state index in [4.69, 9.17) is 11.5 Å². The van der Waals surface area contributed by atoms with Crippen molar-refractivity contribution in [2.75, 3.05) is 0 Å². The molecule has 0 saturated heterocycles. The topological polar surface area (TPSA) is 230 Å². The highest BCUT2D eigenvalue weighted by Crippen LogP contribution is 2.19. The molecule has 2 aromatic rings. The van der Waals surface area contributed by atoms with Crippen LogP contribution in [-0.2, 0) is 30.4 Å². The SMILES string of the molecule is CC(C)CC(NC(=O)C(NC(=O)C(N)Cc1c[nH]c2ccccc12)C(C)O)C(=O)NC(CCC(N)=O)C(=O)O. The second kappa shape index (κ2) is 14.3. The largest absolute Gasteiger partial charge is 0.480 e. The number of carboxylic acids is 1. The maximum atomic E-state index is 13.1. The third kappa shape index (κ3) is 9.37. The molecule has 0 aliphatic heterocycles. The van der Waals surface area contributed by atoms with Crippen LogP contribution in [0.15, 0.2) is 30.5 Å². The highest BCUT2D eigenvalue weighted by Gasteiger charge is 2.33.